The summed E-state index contributed by atoms with van der Waals surface area (Å²) in [6.07, 6.45) is -0.751. The molecule has 0 amide bonds. The van der Waals surface area contributed by atoms with Crippen LogP contribution in [0.2, 0.25) is 0 Å². The number of rotatable bonds is 2. The number of hydrogen-bond acceptors (Lipinski definition) is 7. The number of halogens is 1. The number of fused-ring (bicyclic) bond motifs is 1. The number of aromatic nitrogens is 2. The van der Waals surface area contributed by atoms with Crippen molar-refractivity contribution in [3.8, 4) is 0 Å². The quantitative estimate of drug-likeness (QED) is 0.529. The van der Waals surface area contributed by atoms with E-state index in [1.165, 1.54) is 12.3 Å². The summed E-state index contributed by atoms with van der Waals surface area (Å²) in [6, 6.07) is 1.40. The minimum absolute atomic E-state index is 0. The fraction of sp³-hybridized carbons (Fsp3) is 0.667. The molecule has 21 heavy (non-hydrogen) atoms. The molecule has 3 rings (SSSR count). The molecule has 118 valence electrons. The Bertz CT molecular complexity index is 636. The number of ether oxygens (including phenoxy) is 1. The first kappa shape index (κ1) is 16.2. The van der Waals surface area contributed by atoms with Crippen LogP contribution in [0.4, 0.5) is 5.82 Å². The van der Waals surface area contributed by atoms with E-state index in [-0.39, 0.29) is 18.2 Å². The number of anilines is 1. The lowest BCUT2D eigenvalue weighted by Gasteiger charge is -2.27. The van der Waals surface area contributed by atoms with Crippen molar-refractivity contribution in [2.75, 3.05) is 12.3 Å². The highest BCUT2D eigenvalue weighted by atomic mass is 35.5. The van der Waals surface area contributed by atoms with Crippen molar-refractivity contribution < 1.29 is 20.1 Å². The second kappa shape index (κ2) is 4.40. The summed E-state index contributed by atoms with van der Waals surface area (Å²) >= 11 is 0. The maximum Gasteiger partial charge on any atom is 0.351 e. The molecule has 2 heterocycles. The SMILES string of the molecule is CC1(C)[C@]2(O)[C@@H](CO)O[C@@H](n3ccc(N)nc3=O)[C@]12O.Cl. The summed E-state index contributed by atoms with van der Waals surface area (Å²) in [5.74, 6) is 0.0558. The third kappa shape index (κ3) is 1.54. The van der Waals surface area contributed by atoms with Crippen LogP contribution in [-0.2, 0) is 4.74 Å². The summed E-state index contributed by atoms with van der Waals surface area (Å²) in [5.41, 5.74) is 0.530. The second-order valence-corrected chi connectivity index (χ2v) is 5.86. The second-order valence-electron chi connectivity index (χ2n) is 5.86. The highest BCUT2D eigenvalue weighted by molar-refractivity contribution is 5.85. The number of nitrogens with zero attached hydrogens (tertiary/aromatic N) is 2. The molecule has 8 nitrogen and oxygen atoms in total. The van der Waals surface area contributed by atoms with Crippen LogP contribution in [0.15, 0.2) is 17.1 Å². The molecule has 1 aliphatic heterocycles. The van der Waals surface area contributed by atoms with Crippen molar-refractivity contribution in [2.45, 2.75) is 37.4 Å². The van der Waals surface area contributed by atoms with Gasteiger partial charge in [-0.3, -0.25) is 4.57 Å². The van der Waals surface area contributed by atoms with Crippen molar-refractivity contribution in [1.82, 2.24) is 9.55 Å². The summed E-state index contributed by atoms with van der Waals surface area (Å²) in [5, 5.41) is 30.7. The topological polar surface area (TPSA) is 131 Å². The zero-order chi connectivity index (χ0) is 14.9. The Labute approximate surface area is 126 Å². The predicted octanol–water partition coefficient (Wildman–Crippen LogP) is -1.36. The normalized spacial score (nSPS) is 39.5. The fourth-order valence-corrected chi connectivity index (χ4v) is 3.44. The molecule has 1 aliphatic carbocycles. The summed E-state index contributed by atoms with van der Waals surface area (Å²) < 4.78 is 6.53. The van der Waals surface area contributed by atoms with Gasteiger partial charge in [0.1, 0.15) is 23.1 Å². The van der Waals surface area contributed by atoms with Gasteiger partial charge in [0.05, 0.1) is 6.61 Å². The average molecular weight is 320 g/mol. The molecule has 2 fully saturated rings. The third-order valence-electron chi connectivity index (χ3n) is 4.81. The molecule has 5 N–H and O–H groups in total. The van der Waals surface area contributed by atoms with Crippen molar-refractivity contribution in [3.05, 3.63) is 22.7 Å². The first-order valence-electron chi connectivity index (χ1n) is 6.27. The Balaban J connectivity index is 0.00000161. The summed E-state index contributed by atoms with van der Waals surface area (Å²) in [4.78, 5) is 15.5. The lowest BCUT2D eigenvalue weighted by atomic mass is 10.0. The van der Waals surface area contributed by atoms with Crippen LogP contribution in [0.3, 0.4) is 0 Å². The van der Waals surface area contributed by atoms with Gasteiger partial charge in [-0.15, -0.1) is 12.4 Å². The van der Waals surface area contributed by atoms with Crippen molar-refractivity contribution >= 4 is 18.2 Å². The fourth-order valence-electron chi connectivity index (χ4n) is 3.44. The smallest absolute Gasteiger partial charge is 0.351 e. The van der Waals surface area contributed by atoms with Gasteiger partial charge in [-0.2, -0.15) is 4.98 Å². The van der Waals surface area contributed by atoms with Crippen LogP contribution >= 0.6 is 12.4 Å². The zero-order valence-corrected chi connectivity index (χ0v) is 12.4. The van der Waals surface area contributed by atoms with E-state index in [4.69, 9.17) is 10.5 Å². The summed E-state index contributed by atoms with van der Waals surface area (Å²) in [6.45, 7) is 2.85. The molecule has 0 radical (unpaired) electrons. The molecule has 0 aromatic carbocycles. The molecular formula is C12H18ClN3O5. The van der Waals surface area contributed by atoms with E-state index in [9.17, 15) is 20.1 Å². The lowest BCUT2D eigenvalue weighted by Crippen LogP contribution is -2.38. The van der Waals surface area contributed by atoms with E-state index >= 15 is 0 Å². The minimum atomic E-state index is -1.67. The van der Waals surface area contributed by atoms with Gasteiger partial charge in [0.15, 0.2) is 6.23 Å². The molecule has 4 atom stereocenters. The van der Waals surface area contributed by atoms with Crippen LogP contribution in [0.25, 0.3) is 0 Å². The van der Waals surface area contributed by atoms with Crippen LogP contribution < -0.4 is 11.4 Å². The van der Waals surface area contributed by atoms with Gasteiger partial charge in [0, 0.05) is 11.6 Å². The molecule has 0 bridgehead atoms. The van der Waals surface area contributed by atoms with Crippen LogP contribution in [0, 0.1) is 5.41 Å². The number of aliphatic hydroxyl groups excluding tert-OH is 1. The van der Waals surface area contributed by atoms with Gasteiger partial charge in [-0.05, 0) is 6.07 Å². The van der Waals surface area contributed by atoms with E-state index in [0.29, 0.717) is 0 Å². The predicted molar refractivity (Wildman–Crippen MR) is 74.8 cm³/mol. The van der Waals surface area contributed by atoms with Crippen LogP contribution in [-0.4, -0.2) is 48.8 Å². The van der Waals surface area contributed by atoms with Gasteiger partial charge >= 0.3 is 5.69 Å². The molecule has 1 aromatic rings. The minimum Gasteiger partial charge on any atom is -0.394 e. The Morgan fingerprint density at radius 3 is 2.52 bits per heavy atom. The highest BCUT2D eigenvalue weighted by Crippen LogP contribution is 2.75. The van der Waals surface area contributed by atoms with Crippen LogP contribution in [0.1, 0.15) is 20.1 Å². The Morgan fingerprint density at radius 2 is 2.05 bits per heavy atom. The number of nitrogens with two attached hydrogens (primary N) is 1. The standard InChI is InChI=1S/C12H17N3O5.ClH/c1-10(2)11(18)6(5-16)20-8(12(10,11)19)15-4-3-7(13)14-9(15)17;/h3-4,6,8,16,18-19H,5H2,1-2H3,(H2,13,14,17);1H/t6-,8-,11-,12+;/m1./s1. The molecule has 1 aromatic heterocycles. The number of nitrogen functional groups attached to an aromatic ring is 1. The molecule has 9 heteroatoms. The Morgan fingerprint density at radius 1 is 1.43 bits per heavy atom. The molecule has 1 saturated heterocycles. The summed E-state index contributed by atoms with van der Waals surface area (Å²) in [7, 11) is 0. The third-order valence-corrected chi connectivity index (χ3v) is 4.81. The molecule has 2 aliphatic rings. The zero-order valence-electron chi connectivity index (χ0n) is 11.6. The Hall–Kier alpha value is -1.19. The van der Waals surface area contributed by atoms with Crippen molar-refractivity contribution in [2.24, 2.45) is 5.41 Å². The van der Waals surface area contributed by atoms with Crippen molar-refractivity contribution in [3.63, 3.8) is 0 Å². The molecule has 0 spiro atoms. The van der Waals surface area contributed by atoms with E-state index in [2.05, 4.69) is 4.98 Å². The van der Waals surface area contributed by atoms with Gasteiger partial charge in [0.2, 0.25) is 0 Å². The maximum atomic E-state index is 11.9. The van der Waals surface area contributed by atoms with E-state index < -0.39 is 41.2 Å². The molecule has 1 saturated carbocycles. The Kier molecular flexibility index (Phi) is 3.39. The largest absolute Gasteiger partial charge is 0.394 e. The van der Waals surface area contributed by atoms with Gasteiger partial charge in [-0.25, -0.2) is 4.79 Å². The maximum absolute atomic E-state index is 11.9. The van der Waals surface area contributed by atoms with Crippen molar-refractivity contribution in [1.29, 1.82) is 0 Å². The lowest BCUT2D eigenvalue weighted by molar-refractivity contribution is -0.126. The van der Waals surface area contributed by atoms with Gasteiger partial charge < -0.3 is 25.8 Å². The van der Waals surface area contributed by atoms with Crippen LogP contribution in [0.5, 0.6) is 0 Å². The van der Waals surface area contributed by atoms with E-state index in [1.54, 1.807) is 13.8 Å². The van der Waals surface area contributed by atoms with E-state index in [1.807, 2.05) is 0 Å². The number of hydrogen-bond donors (Lipinski definition) is 4. The van der Waals surface area contributed by atoms with Gasteiger partial charge in [0.25, 0.3) is 0 Å². The monoisotopic (exact) mass is 319 g/mol. The van der Waals surface area contributed by atoms with Gasteiger partial charge in [-0.1, -0.05) is 13.8 Å². The van der Waals surface area contributed by atoms with E-state index in [0.717, 1.165) is 4.57 Å². The molecule has 0 unspecified atom stereocenters. The average Bonchev–Trinajstić information content (AvgIpc) is 2.63. The molecular weight excluding hydrogens is 302 g/mol. The first-order valence-corrected chi connectivity index (χ1v) is 6.27. The first-order chi connectivity index (χ1) is 9.21. The highest BCUT2D eigenvalue weighted by Gasteiger charge is 2.92. The number of aliphatic hydroxyl groups is 3.